The summed E-state index contributed by atoms with van der Waals surface area (Å²) in [6, 6.07) is 7.29. The molecule has 1 saturated heterocycles. The van der Waals surface area contributed by atoms with E-state index in [2.05, 4.69) is 25.6 Å². The van der Waals surface area contributed by atoms with E-state index in [9.17, 15) is 13.6 Å². The molecule has 0 radical (unpaired) electrons. The lowest BCUT2D eigenvalue weighted by Gasteiger charge is -2.34. The molecule has 1 fully saturated rings. The molecule has 36 heavy (non-hydrogen) atoms. The second-order valence-corrected chi connectivity index (χ2v) is 9.39. The van der Waals surface area contributed by atoms with Crippen LogP contribution in [0.2, 0.25) is 0 Å². The van der Waals surface area contributed by atoms with Gasteiger partial charge in [0.05, 0.1) is 18.0 Å². The maximum Gasteiger partial charge on any atom is 0.295 e. The fourth-order valence-corrected chi connectivity index (χ4v) is 4.81. The Morgan fingerprint density at radius 2 is 2.06 bits per heavy atom. The van der Waals surface area contributed by atoms with Gasteiger partial charge in [-0.25, -0.2) is 13.8 Å². The SMILES string of the molecule is Cc1cc(-c2nc(C(=O)Nc3cc4oc(NCCO)nc4cc3N3CCC(F)(F)CC3)cs2)ccn1. The number of alkyl halides is 2. The molecule has 3 aromatic heterocycles. The van der Waals surface area contributed by atoms with Gasteiger partial charge in [-0.05, 0) is 25.1 Å². The first-order valence-corrected chi connectivity index (χ1v) is 12.3. The molecule has 4 aromatic rings. The molecule has 1 aromatic carbocycles. The van der Waals surface area contributed by atoms with E-state index < -0.39 is 11.8 Å². The van der Waals surface area contributed by atoms with Crippen molar-refractivity contribution in [2.45, 2.75) is 25.7 Å². The molecule has 4 heterocycles. The van der Waals surface area contributed by atoms with Crippen LogP contribution in [0.15, 0.2) is 40.3 Å². The highest BCUT2D eigenvalue weighted by atomic mass is 32.1. The van der Waals surface area contributed by atoms with Crippen molar-refractivity contribution in [1.82, 2.24) is 15.0 Å². The Morgan fingerprint density at radius 1 is 1.25 bits per heavy atom. The first-order chi connectivity index (χ1) is 17.3. The predicted molar refractivity (Wildman–Crippen MR) is 134 cm³/mol. The number of aliphatic hydroxyl groups excluding tert-OH is 1. The fourth-order valence-electron chi connectivity index (χ4n) is 4.01. The van der Waals surface area contributed by atoms with E-state index in [0.29, 0.717) is 27.5 Å². The molecule has 0 aliphatic carbocycles. The number of aromatic nitrogens is 3. The number of hydrogen-bond acceptors (Lipinski definition) is 9. The molecule has 12 heteroatoms. The Bertz CT molecular complexity index is 1400. The number of amides is 1. The zero-order valence-corrected chi connectivity index (χ0v) is 20.2. The van der Waals surface area contributed by atoms with Crippen LogP contribution in [0.3, 0.4) is 0 Å². The summed E-state index contributed by atoms with van der Waals surface area (Å²) in [5.41, 5.74) is 3.85. The fraction of sp³-hybridized carbons (Fsp3) is 0.333. The van der Waals surface area contributed by atoms with Crippen LogP contribution in [0.1, 0.15) is 29.0 Å². The molecule has 3 N–H and O–H groups in total. The van der Waals surface area contributed by atoms with Crippen LogP contribution in [0, 0.1) is 6.92 Å². The number of benzene rings is 1. The standard InChI is InChI=1S/C24H24F2N6O3S/c1-14-10-15(2-5-27-14)22-30-18(13-36-22)21(34)29-16-12-20-17(31-23(35-20)28-6-9-33)11-19(16)32-7-3-24(25,26)4-8-32/h2,5,10-13,33H,3-4,6-9H2,1H3,(H,28,31)(H,29,34). The van der Waals surface area contributed by atoms with Gasteiger partial charge in [-0.3, -0.25) is 9.78 Å². The van der Waals surface area contributed by atoms with E-state index in [1.807, 2.05) is 24.0 Å². The normalized spacial score (nSPS) is 15.3. The summed E-state index contributed by atoms with van der Waals surface area (Å²) in [5, 5.41) is 17.1. The average Bonchev–Trinajstić information content (AvgIpc) is 3.49. The molecule has 0 saturated carbocycles. The number of hydrogen-bond donors (Lipinski definition) is 3. The van der Waals surface area contributed by atoms with Crippen molar-refractivity contribution in [3.05, 3.63) is 47.2 Å². The van der Waals surface area contributed by atoms with Gasteiger partial charge >= 0.3 is 0 Å². The molecule has 1 amide bonds. The quantitative estimate of drug-likeness (QED) is 0.329. The molecule has 9 nitrogen and oxygen atoms in total. The Balaban J connectivity index is 1.45. The largest absolute Gasteiger partial charge is 0.423 e. The number of fused-ring (bicyclic) bond motifs is 1. The van der Waals surface area contributed by atoms with Gasteiger partial charge in [-0.15, -0.1) is 11.3 Å². The summed E-state index contributed by atoms with van der Waals surface area (Å²) in [7, 11) is 0. The van der Waals surface area contributed by atoms with Gasteiger partial charge in [0.1, 0.15) is 16.2 Å². The maximum atomic E-state index is 13.8. The summed E-state index contributed by atoms with van der Waals surface area (Å²) < 4.78 is 33.3. The zero-order chi connectivity index (χ0) is 25.3. The van der Waals surface area contributed by atoms with E-state index in [0.717, 1.165) is 11.3 Å². The molecule has 188 valence electrons. The van der Waals surface area contributed by atoms with Gasteiger partial charge in [0.2, 0.25) is 0 Å². The molecule has 0 spiro atoms. The smallest absolute Gasteiger partial charge is 0.295 e. The Labute approximate surface area is 209 Å². The molecular weight excluding hydrogens is 490 g/mol. The zero-order valence-electron chi connectivity index (χ0n) is 19.4. The third-order valence-electron chi connectivity index (χ3n) is 5.86. The van der Waals surface area contributed by atoms with Crippen LogP contribution in [0.5, 0.6) is 0 Å². The predicted octanol–water partition coefficient (Wildman–Crippen LogP) is 4.55. The Hall–Kier alpha value is -3.64. The molecule has 1 aliphatic rings. The van der Waals surface area contributed by atoms with E-state index in [1.54, 1.807) is 23.7 Å². The monoisotopic (exact) mass is 514 g/mol. The lowest BCUT2D eigenvalue weighted by Crippen LogP contribution is -2.39. The molecule has 0 bridgehead atoms. The lowest BCUT2D eigenvalue weighted by molar-refractivity contribution is -0.0220. The van der Waals surface area contributed by atoms with E-state index >= 15 is 0 Å². The summed E-state index contributed by atoms with van der Waals surface area (Å²) in [5.74, 6) is -3.13. The number of nitrogens with zero attached hydrogens (tertiary/aromatic N) is 4. The number of pyridine rings is 1. The summed E-state index contributed by atoms with van der Waals surface area (Å²) in [4.78, 5) is 28.0. The van der Waals surface area contributed by atoms with Crippen LogP contribution in [-0.2, 0) is 0 Å². The number of rotatable bonds is 7. The Kier molecular flexibility index (Phi) is 6.54. The third kappa shape index (κ3) is 5.14. The summed E-state index contributed by atoms with van der Waals surface area (Å²) >= 11 is 1.35. The number of carbonyl (C=O) groups excluding carboxylic acids is 1. The number of aliphatic hydroxyl groups is 1. The first-order valence-electron chi connectivity index (χ1n) is 11.4. The van der Waals surface area contributed by atoms with Crippen molar-refractivity contribution in [1.29, 1.82) is 0 Å². The second kappa shape index (κ2) is 9.78. The van der Waals surface area contributed by atoms with Crippen LogP contribution in [-0.4, -0.2) is 58.1 Å². The number of piperidine rings is 1. The van der Waals surface area contributed by atoms with Gasteiger partial charge in [0, 0.05) is 61.4 Å². The van der Waals surface area contributed by atoms with E-state index in [4.69, 9.17) is 9.52 Å². The van der Waals surface area contributed by atoms with E-state index in [1.165, 1.54) is 11.3 Å². The number of carbonyl (C=O) groups is 1. The minimum atomic E-state index is -2.71. The van der Waals surface area contributed by atoms with Crippen molar-refractivity contribution < 1.29 is 23.1 Å². The molecular formula is C24H24F2N6O3S. The van der Waals surface area contributed by atoms with Crippen molar-refractivity contribution in [2.24, 2.45) is 0 Å². The van der Waals surface area contributed by atoms with Crippen LogP contribution < -0.4 is 15.5 Å². The number of aryl methyl sites for hydroxylation is 1. The lowest BCUT2D eigenvalue weighted by atomic mass is 10.1. The van der Waals surface area contributed by atoms with Crippen molar-refractivity contribution in [2.75, 3.05) is 41.8 Å². The molecule has 0 atom stereocenters. The van der Waals surface area contributed by atoms with Crippen molar-refractivity contribution in [3.63, 3.8) is 0 Å². The third-order valence-corrected chi connectivity index (χ3v) is 6.75. The number of oxazole rings is 1. The topological polar surface area (TPSA) is 116 Å². The van der Waals surface area contributed by atoms with Crippen LogP contribution in [0.4, 0.5) is 26.2 Å². The highest BCUT2D eigenvalue weighted by Crippen LogP contribution is 2.37. The van der Waals surface area contributed by atoms with Crippen molar-refractivity contribution in [3.8, 4) is 10.6 Å². The highest BCUT2D eigenvalue weighted by Gasteiger charge is 2.35. The van der Waals surface area contributed by atoms with Crippen LogP contribution in [0.25, 0.3) is 21.7 Å². The van der Waals surface area contributed by atoms with Gasteiger partial charge in [-0.1, -0.05) is 0 Å². The molecule has 5 rings (SSSR count). The molecule has 0 unspecified atom stereocenters. The minimum Gasteiger partial charge on any atom is -0.423 e. The molecule has 1 aliphatic heterocycles. The second-order valence-electron chi connectivity index (χ2n) is 8.53. The highest BCUT2D eigenvalue weighted by molar-refractivity contribution is 7.13. The van der Waals surface area contributed by atoms with E-state index in [-0.39, 0.29) is 50.8 Å². The number of halogens is 2. The number of nitrogens with one attached hydrogen (secondary N) is 2. The first kappa shape index (κ1) is 24.1. The summed E-state index contributed by atoms with van der Waals surface area (Å²) in [6.45, 7) is 2.32. The van der Waals surface area contributed by atoms with Gasteiger partial charge in [-0.2, -0.15) is 4.98 Å². The van der Waals surface area contributed by atoms with Gasteiger partial charge < -0.3 is 25.1 Å². The van der Waals surface area contributed by atoms with Gasteiger partial charge in [0.25, 0.3) is 17.8 Å². The Morgan fingerprint density at radius 3 is 2.81 bits per heavy atom. The average molecular weight is 515 g/mol. The minimum absolute atomic E-state index is 0.0953. The van der Waals surface area contributed by atoms with Crippen molar-refractivity contribution >= 4 is 45.7 Å². The number of thiazole rings is 1. The maximum absolute atomic E-state index is 13.8. The van der Waals surface area contributed by atoms with Crippen LogP contribution >= 0.6 is 11.3 Å². The number of anilines is 3. The van der Waals surface area contributed by atoms with Gasteiger partial charge in [0.15, 0.2) is 5.58 Å². The summed E-state index contributed by atoms with van der Waals surface area (Å²) in [6.07, 6.45) is 1.14.